The van der Waals surface area contributed by atoms with E-state index in [1.165, 1.54) is 6.92 Å². The lowest BCUT2D eigenvalue weighted by molar-refractivity contribution is -0.344. The lowest BCUT2D eigenvalue weighted by atomic mass is 9.95. The number of alkyl halides is 1. The number of benzene rings is 1. The van der Waals surface area contributed by atoms with E-state index in [2.05, 4.69) is 10.6 Å². The van der Waals surface area contributed by atoms with Gasteiger partial charge in [0.05, 0.1) is 13.2 Å². The van der Waals surface area contributed by atoms with Crippen molar-refractivity contribution in [2.45, 2.75) is 50.3 Å². The number of halogens is 1. The molecule has 2 aliphatic heterocycles. The van der Waals surface area contributed by atoms with E-state index in [0.29, 0.717) is 6.42 Å². The van der Waals surface area contributed by atoms with E-state index in [1.54, 1.807) is 0 Å². The van der Waals surface area contributed by atoms with Gasteiger partial charge >= 0.3 is 0 Å². The second kappa shape index (κ2) is 10.8. The Balaban J connectivity index is 1.60. The van der Waals surface area contributed by atoms with Crippen LogP contribution in [0, 0.1) is 0 Å². The van der Waals surface area contributed by atoms with Crippen LogP contribution in [0.2, 0.25) is 0 Å². The molecule has 0 aliphatic carbocycles. The lowest BCUT2D eigenvalue weighted by Crippen LogP contribution is -2.66. The van der Waals surface area contributed by atoms with Gasteiger partial charge in [0, 0.05) is 19.0 Å². The minimum Gasteiger partial charge on any atom is -0.388 e. The summed E-state index contributed by atoms with van der Waals surface area (Å²) in [5.41, 5.74) is 0.813. The van der Waals surface area contributed by atoms with Crippen molar-refractivity contribution in [1.29, 1.82) is 0 Å². The molecule has 0 bridgehead atoms. The first-order chi connectivity index (χ1) is 14.5. The minimum absolute atomic E-state index is 0.172. The molecule has 2 aliphatic rings. The number of amides is 2. The summed E-state index contributed by atoms with van der Waals surface area (Å²) < 4.78 is 35.4. The van der Waals surface area contributed by atoms with Crippen molar-refractivity contribution in [2.75, 3.05) is 26.4 Å². The molecule has 3 N–H and O–H groups in total. The second-order valence-electron chi connectivity index (χ2n) is 7.14. The highest BCUT2D eigenvalue weighted by Crippen LogP contribution is 2.34. The van der Waals surface area contributed by atoms with Gasteiger partial charge in [-0.1, -0.05) is 30.3 Å². The van der Waals surface area contributed by atoms with E-state index in [4.69, 9.17) is 18.9 Å². The molecule has 6 atom stereocenters. The molecule has 2 heterocycles. The van der Waals surface area contributed by atoms with Gasteiger partial charge in [-0.05, 0) is 6.42 Å². The molecule has 2 fully saturated rings. The average molecular weight is 426 g/mol. The second-order valence-corrected chi connectivity index (χ2v) is 7.14. The van der Waals surface area contributed by atoms with Gasteiger partial charge in [-0.25, -0.2) is 4.39 Å². The lowest BCUT2D eigenvalue weighted by Gasteiger charge is -2.47. The Morgan fingerprint density at radius 3 is 2.73 bits per heavy atom. The third-order valence-electron chi connectivity index (χ3n) is 4.85. The van der Waals surface area contributed by atoms with E-state index in [-0.39, 0.29) is 25.7 Å². The van der Waals surface area contributed by atoms with Crippen LogP contribution in [0.25, 0.3) is 0 Å². The van der Waals surface area contributed by atoms with Gasteiger partial charge in [-0.3, -0.25) is 9.59 Å². The molecule has 3 unspecified atom stereocenters. The highest BCUT2D eigenvalue weighted by molar-refractivity contribution is 5.76. The maximum atomic E-state index is 12.1. The summed E-state index contributed by atoms with van der Waals surface area (Å²) in [7, 11) is 0. The van der Waals surface area contributed by atoms with Crippen molar-refractivity contribution >= 4 is 11.8 Å². The number of carbonyl (C=O) groups is 2. The molecule has 0 saturated carbocycles. The van der Waals surface area contributed by atoms with Crippen LogP contribution in [0.1, 0.15) is 25.2 Å². The maximum Gasteiger partial charge on any atom is 0.251 e. The molecule has 0 spiro atoms. The van der Waals surface area contributed by atoms with Gasteiger partial charge in [0.15, 0.2) is 19.3 Å². The molecule has 0 aromatic heterocycles. The fraction of sp³-hybridized carbons (Fsp3) is 0.600. The number of hydrogen-bond acceptors (Lipinski definition) is 7. The van der Waals surface area contributed by atoms with E-state index in [0.717, 1.165) is 5.56 Å². The Hall–Kier alpha value is -2.11. The van der Waals surface area contributed by atoms with Crippen LogP contribution < -0.4 is 10.6 Å². The Kier molecular flexibility index (Phi) is 8.11. The van der Waals surface area contributed by atoms with Crippen molar-refractivity contribution in [3.63, 3.8) is 0 Å². The van der Waals surface area contributed by atoms with Gasteiger partial charge < -0.3 is 34.7 Å². The Morgan fingerprint density at radius 2 is 2.03 bits per heavy atom. The van der Waals surface area contributed by atoms with Gasteiger partial charge in [0.25, 0.3) is 5.91 Å². The third kappa shape index (κ3) is 5.73. The van der Waals surface area contributed by atoms with Crippen LogP contribution in [0.3, 0.4) is 0 Å². The molecule has 2 amide bonds. The monoisotopic (exact) mass is 426 g/mol. The SMILES string of the molecule is CC(=O)NC1[C@H](OCCCNC(=O)CF)OC2COC(c3ccccc3)O[C@H]2[C@@H]1O. The molecule has 9 nitrogen and oxygen atoms in total. The van der Waals surface area contributed by atoms with Crippen LogP contribution in [0.15, 0.2) is 30.3 Å². The first-order valence-corrected chi connectivity index (χ1v) is 9.86. The Morgan fingerprint density at radius 1 is 1.27 bits per heavy atom. The normalized spacial score (nSPS) is 30.9. The molecule has 166 valence electrons. The van der Waals surface area contributed by atoms with Crippen LogP contribution in [-0.2, 0) is 28.5 Å². The van der Waals surface area contributed by atoms with Crippen molar-refractivity contribution in [3.8, 4) is 0 Å². The van der Waals surface area contributed by atoms with Gasteiger partial charge in [0.2, 0.25) is 5.91 Å². The van der Waals surface area contributed by atoms with Gasteiger partial charge in [-0.2, -0.15) is 0 Å². The fourth-order valence-electron chi connectivity index (χ4n) is 3.45. The first kappa shape index (κ1) is 22.6. The van der Waals surface area contributed by atoms with Crippen LogP contribution in [0.4, 0.5) is 4.39 Å². The van der Waals surface area contributed by atoms with E-state index in [9.17, 15) is 19.1 Å². The first-order valence-electron chi connectivity index (χ1n) is 9.86. The summed E-state index contributed by atoms with van der Waals surface area (Å²) in [5, 5.41) is 16.0. The molecule has 2 saturated heterocycles. The molecule has 1 aromatic carbocycles. The van der Waals surface area contributed by atoms with Crippen LogP contribution in [0.5, 0.6) is 0 Å². The van der Waals surface area contributed by atoms with Crippen LogP contribution >= 0.6 is 0 Å². The standard InChI is InChI=1S/C20H27FN2O7/c1-12(24)23-16-17(26)18-14(11-28-19(30-18)13-6-3-2-4-7-13)29-20(16)27-9-5-8-22-15(25)10-21/h2-4,6-7,14,16-20,26H,5,8-11H2,1H3,(H,22,25)(H,23,24)/t14?,16?,17-,18-,19?,20-/m1/s1. The predicted molar refractivity (Wildman–Crippen MR) is 102 cm³/mol. The number of fused-ring (bicyclic) bond motifs is 1. The zero-order valence-corrected chi connectivity index (χ0v) is 16.7. The number of aliphatic hydroxyl groups is 1. The summed E-state index contributed by atoms with van der Waals surface area (Å²) >= 11 is 0. The number of nitrogens with one attached hydrogen (secondary N) is 2. The predicted octanol–water partition coefficient (Wildman–Crippen LogP) is 0.184. The zero-order valence-electron chi connectivity index (χ0n) is 16.7. The van der Waals surface area contributed by atoms with E-state index < -0.39 is 49.5 Å². The smallest absolute Gasteiger partial charge is 0.251 e. The highest BCUT2D eigenvalue weighted by Gasteiger charge is 2.50. The molecular formula is C20H27FN2O7. The summed E-state index contributed by atoms with van der Waals surface area (Å²) in [6.07, 6.45) is -3.56. The summed E-state index contributed by atoms with van der Waals surface area (Å²) in [4.78, 5) is 22.6. The quantitative estimate of drug-likeness (QED) is 0.508. The summed E-state index contributed by atoms with van der Waals surface area (Å²) in [6, 6.07) is 8.48. The van der Waals surface area contributed by atoms with Crippen molar-refractivity contribution in [2.24, 2.45) is 0 Å². The number of aliphatic hydroxyl groups excluding tert-OH is 1. The maximum absolute atomic E-state index is 12.1. The van der Waals surface area contributed by atoms with Crippen molar-refractivity contribution in [1.82, 2.24) is 10.6 Å². The number of rotatable bonds is 8. The molecule has 0 radical (unpaired) electrons. The van der Waals surface area contributed by atoms with Gasteiger partial charge in [0.1, 0.15) is 24.4 Å². The number of hydrogen-bond donors (Lipinski definition) is 3. The molecule has 30 heavy (non-hydrogen) atoms. The Bertz CT molecular complexity index is 708. The van der Waals surface area contributed by atoms with E-state index in [1.807, 2.05) is 30.3 Å². The Labute approximate surface area is 173 Å². The number of ether oxygens (including phenoxy) is 4. The molecule has 3 rings (SSSR count). The van der Waals surface area contributed by atoms with Crippen molar-refractivity contribution in [3.05, 3.63) is 35.9 Å². The third-order valence-corrected chi connectivity index (χ3v) is 4.85. The van der Waals surface area contributed by atoms with E-state index >= 15 is 0 Å². The zero-order chi connectivity index (χ0) is 21.5. The number of carbonyl (C=O) groups excluding carboxylic acids is 2. The highest BCUT2D eigenvalue weighted by atomic mass is 19.1. The summed E-state index contributed by atoms with van der Waals surface area (Å²) in [6.45, 7) is 0.850. The largest absolute Gasteiger partial charge is 0.388 e. The topological polar surface area (TPSA) is 115 Å². The van der Waals surface area contributed by atoms with Crippen molar-refractivity contribution < 1.29 is 38.0 Å². The minimum atomic E-state index is -1.08. The molecule has 10 heteroatoms. The molecular weight excluding hydrogens is 399 g/mol. The molecule has 1 aromatic rings. The van der Waals surface area contributed by atoms with Gasteiger partial charge in [-0.15, -0.1) is 0 Å². The average Bonchev–Trinajstić information content (AvgIpc) is 2.76. The summed E-state index contributed by atoms with van der Waals surface area (Å²) in [5.74, 6) is -1.04. The van der Waals surface area contributed by atoms with Crippen LogP contribution in [-0.4, -0.2) is 74.0 Å². The fourth-order valence-corrected chi connectivity index (χ4v) is 3.45.